The molecule has 10 heteroatoms. The zero-order valence-corrected chi connectivity index (χ0v) is 25.5. The molecular weight excluding hydrogens is 580 g/mol. The smallest absolute Gasteiger partial charge is 0.245 e. The zero-order valence-electron chi connectivity index (χ0n) is 23.8. The van der Waals surface area contributed by atoms with E-state index < -0.39 is 47.3 Å². The van der Waals surface area contributed by atoms with E-state index in [4.69, 9.17) is 9.47 Å². The maximum Gasteiger partial charge on any atom is 0.245 e. The number of ketones is 1. The summed E-state index contributed by atoms with van der Waals surface area (Å²) in [5.41, 5.74) is -0.770. The first-order chi connectivity index (χ1) is 19.8. The van der Waals surface area contributed by atoms with Crippen LogP contribution >= 0.6 is 23.1 Å². The summed E-state index contributed by atoms with van der Waals surface area (Å²) in [7, 11) is 0. The van der Waals surface area contributed by atoms with E-state index in [1.807, 2.05) is 37.3 Å². The molecule has 4 aliphatic carbocycles. The van der Waals surface area contributed by atoms with Crippen molar-refractivity contribution in [1.29, 1.82) is 0 Å². The monoisotopic (exact) mass is 615 g/mol. The van der Waals surface area contributed by atoms with Crippen molar-refractivity contribution in [3.63, 3.8) is 0 Å². The van der Waals surface area contributed by atoms with Crippen LogP contribution in [0.3, 0.4) is 0 Å². The van der Waals surface area contributed by atoms with Gasteiger partial charge in [-0.15, -0.1) is 11.3 Å². The standard InChI is InChI=1S/C32H35F2NO5S2/c1-29-12-10-18(36)14-17(29)8-9-19-20-15-24-32(30(20,2)16-22(37)26(19)29,40-25(39-24)11-13-31(3,33)34)27(38)42-28-35-21-6-4-5-7-23(21)41-28/h4-7,10,12,14,19-20,22,24-26,37H,8-9,11,13,15-16H2,1-3H3/t19?,20?,22-,24+,25?,26?,29?,30?,32-/m0/s1. The average Bonchev–Trinajstić information content (AvgIpc) is 3.57. The molecule has 0 spiro atoms. The molecule has 5 aliphatic rings. The van der Waals surface area contributed by atoms with E-state index in [-0.39, 0.29) is 35.1 Å². The summed E-state index contributed by atoms with van der Waals surface area (Å²) in [6.07, 6.45) is 4.95. The van der Waals surface area contributed by atoms with Crippen molar-refractivity contribution in [2.75, 3.05) is 0 Å². The molecule has 6 nitrogen and oxygen atoms in total. The summed E-state index contributed by atoms with van der Waals surface area (Å²) >= 11 is 2.47. The second-order valence-electron chi connectivity index (χ2n) is 13.3. The lowest BCUT2D eigenvalue weighted by molar-refractivity contribution is -0.196. The van der Waals surface area contributed by atoms with E-state index in [0.29, 0.717) is 17.2 Å². The van der Waals surface area contributed by atoms with Crippen molar-refractivity contribution in [3.8, 4) is 0 Å². The highest BCUT2D eigenvalue weighted by molar-refractivity contribution is 8.15. The van der Waals surface area contributed by atoms with Crippen LogP contribution in [-0.4, -0.2) is 51.0 Å². The van der Waals surface area contributed by atoms with Gasteiger partial charge >= 0.3 is 0 Å². The van der Waals surface area contributed by atoms with E-state index >= 15 is 0 Å². The summed E-state index contributed by atoms with van der Waals surface area (Å²) in [5, 5.41) is 11.7. The van der Waals surface area contributed by atoms with E-state index in [1.54, 1.807) is 12.2 Å². The van der Waals surface area contributed by atoms with Gasteiger partial charge in [0.15, 0.2) is 22.0 Å². The number of halogens is 2. The molecule has 7 rings (SSSR count). The Kier molecular flexibility index (Phi) is 6.69. The number of benzene rings is 1. The molecule has 1 aliphatic heterocycles. The Morgan fingerprint density at radius 1 is 1.29 bits per heavy atom. The third-order valence-electron chi connectivity index (χ3n) is 10.9. The summed E-state index contributed by atoms with van der Waals surface area (Å²) < 4.78 is 42.2. The largest absolute Gasteiger partial charge is 0.393 e. The summed E-state index contributed by atoms with van der Waals surface area (Å²) in [4.78, 5) is 31.4. The summed E-state index contributed by atoms with van der Waals surface area (Å²) in [6.45, 7) is 5.02. The Morgan fingerprint density at radius 2 is 2.07 bits per heavy atom. The molecule has 2 heterocycles. The molecule has 6 unspecified atom stereocenters. The molecule has 224 valence electrons. The molecule has 2 aromatic rings. The summed E-state index contributed by atoms with van der Waals surface area (Å²) in [5.74, 6) is -2.93. The molecule has 3 saturated carbocycles. The van der Waals surface area contributed by atoms with Gasteiger partial charge in [-0.1, -0.05) is 37.6 Å². The van der Waals surface area contributed by atoms with Crippen molar-refractivity contribution in [3.05, 3.63) is 48.1 Å². The zero-order chi connectivity index (χ0) is 29.7. The number of aliphatic hydroxyl groups excluding tert-OH is 1. The minimum Gasteiger partial charge on any atom is -0.393 e. The molecule has 0 amide bonds. The Labute approximate surface area is 251 Å². The molecule has 1 aromatic heterocycles. The topological polar surface area (TPSA) is 85.7 Å². The number of carbonyl (C=O) groups excluding carboxylic acids is 2. The maximum absolute atomic E-state index is 14.5. The third kappa shape index (κ3) is 4.23. The first-order valence-electron chi connectivity index (χ1n) is 14.8. The molecule has 4 fully saturated rings. The number of nitrogens with zero attached hydrogens (tertiary/aromatic N) is 1. The molecule has 0 radical (unpaired) electrons. The fourth-order valence-electron chi connectivity index (χ4n) is 9.04. The van der Waals surface area contributed by atoms with Gasteiger partial charge in [0.05, 0.1) is 22.4 Å². The van der Waals surface area contributed by atoms with Crippen molar-refractivity contribution in [2.45, 2.75) is 93.7 Å². The van der Waals surface area contributed by atoms with Gasteiger partial charge in [0.25, 0.3) is 0 Å². The molecular formula is C32H35F2NO5S2. The van der Waals surface area contributed by atoms with Crippen LogP contribution in [0.25, 0.3) is 10.2 Å². The number of rotatable bonds is 5. The molecule has 9 atom stereocenters. The highest BCUT2D eigenvalue weighted by Gasteiger charge is 2.76. The number of allylic oxidation sites excluding steroid dienone is 4. The predicted molar refractivity (Wildman–Crippen MR) is 156 cm³/mol. The molecule has 0 bridgehead atoms. The third-order valence-corrected chi connectivity index (χ3v) is 13.0. The van der Waals surface area contributed by atoms with E-state index in [1.165, 1.54) is 11.3 Å². The van der Waals surface area contributed by atoms with Gasteiger partial charge in [0, 0.05) is 29.6 Å². The Balaban J connectivity index is 1.25. The molecule has 1 saturated heterocycles. The number of carbonyl (C=O) groups is 2. The number of ether oxygens (including phenoxy) is 2. The van der Waals surface area contributed by atoms with Gasteiger partial charge in [0.1, 0.15) is 0 Å². The van der Waals surface area contributed by atoms with Crippen LogP contribution in [0, 0.1) is 28.6 Å². The van der Waals surface area contributed by atoms with Gasteiger partial charge in [-0.2, -0.15) is 0 Å². The van der Waals surface area contributed by atoms with Crippen LogP contribution in [0.4, 0.5) is 8.78 Å². The SMILES string of the molecule is CC(F)(F)CCC1O[C@@H]2CC3C4CCC5=CC(=O)C=CC5(C)C4[C@@H](O)CC3(C)[C@]2(C(=O)Sc2nc3ccccc3s2)O1. The fraction of sp³-hybridized carbons (Fsp3) is 0.594. The first kappa shape index (κ1) is 28.8. The number of alkyl halides is 2. The number of aromatic nitrogens is 1. The second-order valence-corrected chi connectivity index (χ2v) is 15.6. The number of aliphatic hydroxyl groups is 1. The Morgan fingerprint density at radius 3 is 2.83 bits per heavy atom. The number of hydrogen-bond acceptors (Lipinski definition) is 8. The Hall–Kier alpha value is -1.98. The van der Waals surface area contributed by atoms with Gasteiger partial charge in [-0.3, -0.25) is 9.59 Å². The fourth-order valence-corrected chi connectivity index (χ4v) is 11.3. The van der Waals surface area contributed by atoms with Crippen LogP contribution < -0.4 is 0 Å². The number of thiazole rings is 1. The second kappa shape index (κ2) is 9.76. The minimum atomic E-state index is -2.88. The number of para-hydroxylation sites is 1. The highest BCUT2D eigenvalue weighted by Crippen LogP contribution is 2.70. The van der Waals surface area contributed by atoms with E-state index in [0.717, 1.165) is 47.3 Å². The number of hydrogen-bond donors (Lipinski definition) is 1. The lowest BCUT2D eigenvalue weighted by Gasteiger charge is -2.59. The number of thioether (sulfide) groups is 1. The molecule has 1 aromatic carbocycles. The van der Waals surface area contributed by atoms with E-state index in [2.05, 4.69) is 11.9 Å². The predicted octanol–water partition coefficient (Wildman–Crippen LogP) is 6.72. The van der Waals surface area contributed by atoms with Gasteiger partial charge in [-0.25, -0.2) is 13.8 Å². The van der Waals surface area contributed by atoms with Gasteiger partial charge in [-0.05, 0) is 80.5 Å². The van der Waals surface area contributed by atoms with Crippen LogP contribution in [-0.2, 0) is 19.1 Å². The molecule has 1 N–H and O–H groups in total. The van der Waals surface area contributed by atoms with Crippen molar-refractivity contribution in [1.82, 2.24) is 4.98 Å². The average molecular weight is 616 g/mol. The minimum absolute atomic E-state index is 0.00814. The summed E-state index contributed by atoms with van der Waals surface area (Å²) in [6, 6.07) is 7.70. The normalized spacial score (nSPS) is 40.8. The van der Waals surface area contributed by atoms with Crippen molar-refractivity contribution in [2.24, 2.45) is 28.6 Å². The Bertz CT molecular complexity index is 1480. The van der Waals surface area contributed by atoms with Crippen LogP contribution in [0.1, 0.15) is 59.3 Å². The quantitative estimate of drug-likeness (QED) is 0.374. The van der Waals surface area contributed by atoms with Crippen molar-refractivity contribution >= 4 is 44.2 Å². The number of fused-ring (bicyclic) bond motifs is 8. The van der Waals surface area contributed by atoms with Crippen LogP contribution in [0.5, 0.6) is 0 Å². The van der Waals surface area contributed by atoms with Crippen LogP contribution in [0.2, 0.25) is 0 Å². The van der Waals surface area contributed by atoms with Gasteiger partial charge in [0.2, 0.25) is 11.0 Å². The lowest BCUT2D eigenvalue weighted by Crippen LogP contribution is -2.62. The van der Waals surface area contributed by atoms with E-state index in [9.17, 15) is 23.5 Å². The first-order valence-corrected chi connectivity index (χ1v) is 16.4. The van der Waals surface area contributed by atoms with Crippen LogP contribution in [0.15, 0.2) is 52.4 Å². The molecule has 42 heavy (non-hydrogen) atoms. The maximum atomic E-state index is 14.5. The lowest BCUT2D eigenvalue weighted by atomic mass is 9.46. The van der Waals surface area contributed by atoms with Gasteiger partial charge < -0.3 is 14.6 Å². The highest BCUT2D eigenvalue weighted by atomic mass is 32.2. The van der Waals surface area contributed by atoms with Crippen molar-refractivity contribution < 1.29 is 33.0 Å².